The first-order valence-electron chi connectivity index (χ1n) is 9.28. The molecule has 22 heavy (non-hydrogen) atoms. The van der Waals surface area contributed by atoms with Gasteiger partial charge in [-0.25, -0.2) is 0 Å². The van der Waals surface area contributed by atoms with Crippen molar-refractivity contribution in [3.63, 3.8) is 0 Å². The Morgan fingerprint density at radius 3 is 2.32 bits per heavy atom. The van der Waals surface area contributed by atoms with Crippen molar-refractivity contribution in [2.75, 3.05) is 39.3 Å². The highest BCUT2D eigenvalue weighted by atomic mass is 16.2. The summed E-state index contributed by atoms with van der Waals surface area (Å²) in [6.07, 6.45) is 6.84. The van der Waals surface area contributed by atoms with E-state index >= 15 is 0 Å². The molecule has 0 bridgehead atoms. The Bertz CT molecular complexity index is 315. The van der Waals surface area contributed by atoms with E-state index in [1.807, 2.05) is 0 Å². The van der Waals surface area contributed by atoms with E-state index in [9.17, 15) is 4.79 Å². The number of nitrogens with zero attached hydrogens (tertiary/aromatic N) is 2. The lowest BCUT2D eigenvalue weighted by Gasteiger charge is -2.43. The molecule has 128 valence electrons. The summed E-state index contributed by atoms with van der Waals surface area (Å²) in [5.74, 6) is 1.56. The molecule has 0 radical (unpaired) electrons. The van der Waals surface area contributed by atoms with E-state index in [-0.39, 0.29) is 5.91 Å². The highest BCUT2D eigenvalue weighted by molar-refractivity contribution is 5.73. The fourth-order valence-electron chi connectivity index (χ4n) is 4.09. The van der Waals surface area contributed by atoms with Gasteiger partial charge in [-0.2, -0.15) is 0 Å². The largest absolute Gasteiger partial charge is 0.341 e. The third-order valence-electron chi connectivity index (χ3n) is 5.25. The first kappa shape index (κ1) is 17.7. The van der Waals surface area contributed by atoms with Gasteiger partial charge in [-0.15, -0.1) is 0 Å². The lowest BCUT2D eigenvalue weighted by molar-refractivity contribution is -0.130. The van der Waals surface area contributed by atoms with E-state index in [2.05, 4.69) is 29.0 Å². The van der Waals surface area contributed by atoms with Gasteiger partial charge < -0.3 is 10.2 Å². The van der Waals surface area contributed by atoms with Gasteiger partial charge in [-0.3, -0.25) is 9.69 Å². The van der Waals surface area contributed by atoms with Crippen molar-refractivity contribution in [3.05, 3.63) is 0 Å². The van der Waals surface area contributed by atoms with Crippen molar-refractivity contribution in [3.8, 4) is 0 Å². The highest BCUT2D eigenvalue weighted by Crippen LogP contribution is 2.30. The van der Waals surface area contributed by atoms with Gasteiger partial charge in [0.2, 0.25) is 5.91 Å². The van der Waals surface area contributed by atoms with E-state index in [1.54, 1.807) is 6.92 Å². The average molecular weight is 309 g/mol. The maximum atomic E-state index is 12.1. The van der Waals surface area contributed by atoms with E-state index in [4.69, 9.17) is 0 Å². The highest BCUT2D eigenvalue weighted by Gasteiger charge is 2.31. The van der Waals surface area contributed by atoms with Gasteiger partial charge in [0.25, 0.3) is 0 Å². The normalized spacial score (nSPS) is 22.7. The second-order valence-electron chi connectivity index (χ2n) is 7.57. The smallest absolute Gasteiger partial charge is 0.219 e. The van der Waals surface area contributed by atoms with Gasteiger partial charge in [0.15, 0.2) is 0 Å². The summed E-state index contributed by atoms with van der Waals surface area (Å²) in [5.41, 5.74) is 0. The molecule has 2 rings (SSSR count). The van der Waals surface area contributed by atoms with Gasteiger partial charge in [-0.05, 0) is 24.7 Å². The number of nitrogens with one attached hydrogen (secondary N) is 1. The molecule has 1 atom stereocenters. The predicted molar refractivity (Wildman–Crippen MR) is 91.9 cm³/mol. The number of carbonyl (C=O) groups is 1. The van der Waals surface area contributed by atoms with Gasteiger partial charge in [0, 0.05) is 52.2 Å². The Labute approximate surface area is 136 Å². The summed E-state index contributed by atoms with van der Waals surface area (Å²) in [6, 6.07) is 0.560. The summed E-state index contributed by atoms with van der Waals surface area (Å²) in [5, 5.41) is 3.46. The fourth-order valence-corrected chi connectivity index (χ4v) is 4.09. The predicted octanol–water partition coefficient (Wildman–Crippen LogP) is 2.34. The number of rotatable bonds is 6. The van der Waals surface area contributed by atoms with Crippen LogP contribution in [0.3, 0.4) is 0 Å². The van der Waals surface area contributed by atoms with Crippen LogP contribution < -0.4 is 5.32 Å². The number of hydrogen-bond donors (Lipinski definition) is 1. The molecular formula is C18H35N3O. The van der Waals surface area contributed by atoms with Crippen LogP contribution in [0.4, 0.5) is 0 Å². The van der Waals surface area contributed by atoms with Crippen LogP contribution in [0.15, 0.2) is 0 Å². The molecule has 2 fully saturated rings. The Morgan fingerprint density at radius 2 is 1.77 bits per heavy atom. The Kier molecular flexibility index (Phi) is 7.16. The summed E-state index contributed by atoms with van der Waals surface area (Å²) in [4.78, 5) is 16.8. The minimum absolute atomic E-state index is 0.240. The third-order valence-corrected chi connectivity index (χ3v) is 5.25. The van der Waals surface area contributed by atoms with Crippen molar-refractivity contribution in [1.29, 1.82) is 0 Å². The lowest BCUT2D eigenvalue weighted by Crippen LogP contribution is -2.55. The van der Waals surface area contributed by atoms with Crippen LogP contribution in [0.1, 0.15) is 52.9 Å². The summed E-state index contributed by atoms with van der Waals surface area (Å²) in [6.45, 7) is 12.4. The Balaban J connectivity index is 2.05. The van der Waals surface area contributed by atoms with Gasteiger partial charge in [0.1, 0.15) is 0 Å². The molecule has 1 N–H and O–H groups in total. The molecule has 1 amide bonds. The van der Waals surface area contributed by atoms with E-state index < -0.39 is 0 Å². The standard InChI is InChI=1S/C18H35N3O/c1-15(2)13-21(16(3)22)14-18(17-7-5-4-6-8-17)20-11-9-19-10-12-20/h15,17-19H,4-14H2,1-3H3. The van der Waals surface area contributed by atoms with Crippen molar-refractivity contribution < 1.29 is 4.79 Å². The first-order chi connectivity index (χ1) is 10.6. The maximum absolute atomic E-state index is 12.1. The zero-order chi connectivity index (χ0) is 15.9. The molecule has 1 saturated carbocycles. The molecule has 0 aromatic carbocycles. The van der Waals surface area contributed by atoms with Crippen molar-refractivity contribution >= 4 is 5.91 Å². The molecular weight excluding hydrogens is 274 g/mol. The second-order valence-corrected chi connectivity index (χ2v) is 7.57. The molecule has 2 aliphatic rings. The third kappa shape index (κ3) is 5.24. The molecule has 0 aromatic heterocycles. The Morgan fingerprint density at radius 1 is 1.14 bits per heavy atom. The first-order valence-corrected chi connectivity index (χ1v) is 9.28. The molecule has 1 saturated heterocycles. The average Bonchev–Trinajstić information content (AvgIpc) is 2.52. The molecule has 1 unspecified atom stereocenters. The molecule has 4 nitrogen and oxygen atoms in total. The topological polar surface area (TPSA) is 35.6 Å². The molecule has 1 aliphatic carbocycles. The molecule has 4 heteroatoms. The molecule has 1 aliphatic heterocycles. The SMILES string of the molecule is CC(=O)N(CC(C)C)CC(C1CCCCC1)N1CCNCC1. The number of amides is 1. The number of piperazine rings is 1. The van der Waals surface area contributed by atoms with Crippen LogP contribution >= 0.6 is 0 Å². The van der Waals surface area contributed by atoms with Crippen LogP contribution in [-0.4, -0.2) is 61.0 Å². The van der Waals surface area contributed by atoms with Crippen molar-refractivity contribution in [1.82, 2.24) is 15.1 Å². The lowest BCUT2D eigenvalue weighted by atomic mass is 9.82. The number of carbonyl (C=O) groups excluding carboxylic acids is 1. The monoisotopic (exact) mass is 309 g/mol. The quantitative estimate of drug-likeness (QED) is 0.818. The Hall–Kier alpha value is -0.610. The molecule has 0 aromatic rings. The van der Waals surface area contributed by atoms with Crippen LogP contribution in [0, 0.1) is 11.8 Å². The minimum Gasteiger partial charge on any atom is -0.341 e. The van der Waals surface area contributed by atoms with E-state index in [0.717, 1.165) is 45.2 Å². The van der Waals surface area contributed by atoms with E-state index in [1.165, 1.54) is 32.1 Å². The minimum atomic E-state index is 0.240. The van der Waals surface area contributed by atoms with Gasteiger partial charge in [0.05, 0.1) is 0 Å². The summed E-state index contributed by atoms with van der Waals surface area (Å²) < 4.78 is 0. The summed E-state index contributed by atoms with van der Waals surface area (Å²) >= 11 is 0. The van der Waals surface area contributed by atoms with Gasteiger partial charge >= 0.3 is 0 Å². The zero-order valence-electron chi connectivity index (χ0n) is 14.8. The molecule has 0 spiro atoms. The van der Waals surface area contributed by atoms with Crippen molar-refractivity contribution in [2.24, 2.45) is 11.8 Å². The van der Waals surface area contributed by atoms with Crippen LogP contribution in [-0.2, 0) is 4.79 Å². The summed E-state index contributed by atoms with van der Waals surface area (Å²) in [7, 11) is 0. The van der Waals surface area contributed by atoms with Crippen LogP contribution in [0.5, 0.6) is 0 Å². The van der Waals surface area contributed by atoms with Crippen molar-refractivity contribution in [2.45, 2.75) is 58.9 Å². The second kappa shape index (κ2) is 8.88. The molecule has 1 heterocycles. The maximum Gasteiger partial charge on any atom is 0.219 e. The van der Waals surface area contributed by atoms with Crippen LogP contribution in [0.2, 0.25) is 0 Å². The van der Waals surface area contributed by atoms with E-state index in [0.29, 0.717) is 12.0 Å². The fraction of sp³-hybridized carbons (Fsp3) is 0.944. The van der Waals surface area contributed by atoms with Crippen LogP contribution in [0.25, 0.3) is 0 Å². The number of hydrogen-bond acceptors (Lipinski definition) is 3. The van der Waals surface area contributed by atoms with Gasteiger partial charge in [-0.1, -0.05) is 33.1 Å². The zero-order valence-corrected chi connectivity index (χ0v) is 14.8.